The Bertz CT molecular complexity index is 374. The first-order valence-corrected chi connectivity index (χ1v) is 7.53. The molecule has 1 heterocycles. The summed E-state index contributed by atoms with van der Waals surface area (Å²) in [5.74, 6) is -1.51. The summed E-state index contributed by atoms with van der Waals surface area (Å²) in [7, 11) is 0. The summed E-state index contributed by atoms with van der Waals surface area (Å²) >= 11 is 0. The lowest BCUT2D eigenvalue weighted by molar-refractivity contribution is -0.184. The number of carbonyl (C=O) groups excluding carboxylic acids is 1. The van der Waals surface area contributed by atoms with E-state index in [0.29, 0.717) is 38.9 Å². The number of carbonyl (C=O) groups is 1. The van der Waals surface area contributed by atoms with Gasteiger partial charge < -0.3 is 15.8 Å². The van der Waals surface area contributed by atoms with Crippen molar-refractivity contribution in [3.63, 3.8) is 0 Å². The number of hydrogen-bond acceptors (Lipinski definition) is 3. The molecule has 8 heteroatoms. The molecule has 1 aliphatic carbocycles. The summed E-state index contributed by atoms with van der Waals surface area (Å²) in [6, 6.07) is -0.399. The van der Waals surface area contributed by atoms with Crippen LogP contribution in [0.25, 0.3) is 0 Å². The van der Waals surface area contributed by atoms with Gasteiger partial charge in [-0.15, -0.1) is 12.4 Å². The fourth-order valence-corrected chi connectivity index (χ4v) is 3.24. The van der Waals surface area contributed by atoms with Gasteiger partial charge in [-0.05, 0) is 32.1 Å². The Hall–Kier alpha value is -0.530. The van der Waals surface area contributed by atoms with E-state index in [1.54, 1.807) is 0 Å². The minimum atomic E-state index is -4.17. The van der Waals surface area contributed by atoms with Crippen molar-refractivity contribution >= 4 is 18.3 Å². The number of nitrogens with one attached hydrogen (secondary N) is 1. The number of amides is 1. The van der Waals surface area contributed by atoms with Crippen LogP contribution >= 0.6 is 12.4 Å². The standard InChI is InChI=1S/C14H23F3N2O2.ClH/c15-14(16,17)10-2-1-3-11(8-10)19-12(20)13(9-18)4-6-21-7-5-13;/h10-11H,1-9,18H2,(H,19,20);1H. The Morgan fingerprint density at radius 3 is 2.45 bits per heavy atom. The summed E-state index contributed by atoms with van der Waals surface area (Å²) < 4.78 is 43.6. The molecule has 2 rings (SSSR count). The van der Waals surface area contributed by atoms with Gasteiger partial charge in [0.25, 0.3) is 0 Å². The number of rotatable bonds is 3. The van der Waals surface area contributed by atoms with E-state index in [4.69, 9.17) is 10.5 Å². The van der Waals surface area contributed by atoms with Gasteiger partial charge in [-0.3, -0.25) is 4.79 Å². The Labute approximate surface area is 134 Å². The molecule has 2 unspecified atom stereocenters. The normalized spacial score (nSPS) is 28.5. The first kappa shape index (κ1) is 19.5. The Morgan fingerprint density at radius 2 is 1.91 bits per heavy atom. The number of nitrogens with two attached hydrogens (primary N) is 1. The van der Waals surface area contributed by atoms with Gasteiger partial charge in [0.1, 0.15) is 0 Å². The third kappa shape index (κ3) is 4.49. The molecule has 0 spiro atoms. The average molecular weight is 345 g/mol. The molecule has 1 saturated heterocycles. The van der Waals surface area contributed by atoms with E-state index in [1.807, 2.05) is 0 Å². The molecule has 3 N–H and O–H groups in total. The third-order valence-corrected chi connectivity index (χ3v) is 4.79. The number of halogens is 4. The van der Waals surface area contributed by atoms with E-state index in [-0.39, 0.29) is 37.7 Å². The van der Waals surface area contributed by atoms with Gasteiger partial charge in [0.2, 0.25) is 5.91 Å². The second-order valence-corrected chi connectivity index (χ2v) is 6.17. The first-order valence-electron chi connectivity index (χ1n) is 7.53. The van der Waals surface area contributed by atoms with Gasteiger partial charge in [-0.1, -0.05) is 6.42 Å². The van der Waals surface area contributed by atoms with Gasteiger partial charge >= 0.3 is 6.18 Å². The first-order chi connectivity index (χ1) is 9.87. The van der Waals surface area contributed by atoms with Crippen LogP contribution in [0.2, 0.25) is 0 Å². The molecule has 2 aliphatic rings. The van der Waals surface area contributed by atoms with Crippen molar-refractivity contribution in [3.05, 3.63) is 0 Å². The van der Waals surface area contributed by atoms with Gasteiger partial charge in [-0.25, -0.2) is 0 Å². The van der Waals surface area contributed by atoms with E-state index in [0.717, 1.165) is 0 Å². The van der Waals surface area contributed by atoms with Gasteiger partial charge in [-0.2, -0.15) is 13.2 Å². The summed E-state index contributed by atoms with van der Waals surface area (Å²) in [6.45, 7) is 1.15. The van der Waals surface area contributed by atoms with Crippen LogP contribution in [0.5, 0.6) is 0 Å². The Morgan fingerprint density at radius 1 is 1.27 bits per heavy atom. The topological polar surface area (TPSA) is 64.4 Å². The van der Waals surface area contributed by atoms with Crippen molar-refractivity contribution in [1.82, 2.24) is 5.32 Å². The SMILES string of the molecule is Cl.NCC1(C(=O)NC2CCCC(C(F)(F)F)C2)CCOCC1. The molecule has 1 aliphatic heterocycles. The van der Waals surface area contributed by atoms with E-state index in [1.165, 1.54) is 0 Å². The lowest BCUT2D eigenvalue weighted by atomic mass is 9.78. The van der Waals surface area contributed by atoms with Gasteiger partial charge in [0, 0.05) is 25.8 Å². The van der Waals surface area contributed by atoms with E-state index >= 15 is 0 Å². The molecule has 2 fully saturated rings. The monoisotopic (exact) mass is 344 g/mol. The van der Waals surface area contributed by atoms with Crippen LogP contribution < -0.4 is 11.1 Å². The zero-order chi connectivity index (χ0) is 15.5. The summed E-state index contributed by atoms with van der Waals surface area (Å²) in [6.07, 6.45) is -1.87. The lowest BCUT2D eigenvalue weighted by Gasteiger charge is -2.37. The lowest BCUT2D eigenvalue weighted by Crippen LogP contribution is -2.53. The molecule has 2 atom stereocenters. The molecule has 1 amide bonds. The molecule has 4 nitrogen and oxygen atoms in total. The fraction of sp³-hybridized carbons (Fsp3) is 0.929. The van der Waals surface area contributed by atoms with Gasteiger partial charge in [0.05, 0.1) is 11.3 Å². The quantitative estimate of drug-likeness (QED) is 0.826. The highest BCUT2D eigenvalue weighted by molar-refractivity contribution is 5.85. The van der Waals surface area contributed by atoms with Crippen LogP contribution in [-0.4, -0.2) is 37.9 Å². The molecule has 0 aromatic heterocycles. The molecule has 0 radical (unpaired) electrons. The highest BCUT2D eigenvalue weighted by atomic mass is 35.5. The minimum absolute atomic E-state index is 0. The van der Waals surface area contributed by atoms with Crippen LogP contribution in [0.15, 0.2) is 0 Å². The molecule has 130 valence electrons. The van der Waals surface area contributed by atoms with Crippen LogP contribution in [0, 0.1) is 11.3 Å². The summed E-state index contributed by atoms with van der Waals surface area (Å²) in [4.78, 5) is 12.4. The second kappa shape index (κ2) is 7.84. The van der Waals surface area contributed by atoms with Crippen LogP contribution in [0.4, 0.5) is 13.2 Å². The number of ether oxygens (including phenoxy) is 1. The number of hydrogen-bond donors (Lipinski definition) is 2. The highest BCUT2D eigenvalue weighted by Crippen LogP contribution is 2.38. The molecule has 1 saturated carbocycles. The van der Waals surface area contributed by atoms with E-state index in [9.17, 15) is 18.0 Å². The minimum Gasteiger partial charge on any atom is -0.381 e. The number of alkyl halides is 3. The smallest absolute Gasteiger partial charge is 0.381 e. The molecule has 22 heavy (non-hydrogen) atoms. The van der Waals surface area contributed by atoms with Crippen LogP contribution in [0.3, 0.4) is 0 Å². The van der Waals surface area contributed by atoms with Crippen molar-refractivity contribution in [2.75, 3.05) is 19.8 Å². The molecular weight excluding hydrogens is 321 g/mol. The largest absolute Gasteiger partial charge is 0.391 e. The van der Waals surface area contributed by atoms with E-state index < -0.39 is 23.6 Å². The van der Waals surface area contributed by atoms with Crippen LogP contribution in [0.1, 0.15) is 38.5 Å². The summed E-state index contributed by atoms with van der Waals surface area (Å²) in [5, 5.41) is 2.81. The maximum atomic E-state index is 12.8. The molecular formula is C14H24ClF3N2O2. The third-order valence-electron chi connectivity index (χ3n) is 4.79. The Balaban J connectivity index is 0.00000242. The molecule has 0 aromatic carbocycles. The second-order valence-electron chi connectivity index (χ2n) is 6.17. The molecule has 0 aromatic rings. The predicted molar refractivity (Wildman–Crippen MR) is 78.7 cm³/mol. The van der Waals surface area contributed by atoms with Crippen molar-refractivity contribution in [2.45, 2.75) is 50.7 Å². The maximum absolute atomic E-state index is 12.8. The summed E-state index contributed by atoms with van der Waals surface area (Å²) in [5.41, 5.74) is 5.07. The van der Waals surface area contributed by atoms with Crippen molar-refractivity contribution in [1.29, 1.82) is 0 Å². The van der Waals surface area contributed by atoms with Crippen molar-refractivity contribution < 1.29 is 22.7 Å². The van der Waals surface area contributed by atoms with Gasteiger partial charge in [0.15, 0.2) is 0 Å². The molecule has 0 bridgehead atoms. The highest BCUT2D eigenvalue weighted by Gasteiger charge is 2.44. The van der Waals surface area contributed by atoms with Crippen molar-refractivity contribution in [3.8, 4) is 0 Å². The van der Waals surface area contributed by atoms with Crippen molar-refractivity contribution in [2.24, 2.45) is 17.1 Å². The zero-order valence-electron chi connectivity index (χ0n) is 12.5. The van der Waals surface area contributed by atoms with E-state index in [2.05, 4.69) is 5.32 Å². The predicted octanol–water partition coefficient (Wildman–Crippen LogP) is 2.40. The van der Waals surface area contributed by atoms with Crippen LogP contribution in [-0.2, 0) is 9.53 Å². The fourth-order valence-electron chi connectivity index (χ4n) is 3.24. The average Bonchev–Trinajstić information content (AvgIpc) is 2.47. The Kier molecular flexibility index (Phi) is 6.95. The maximum Gasteiger partial charge on any atom is 0.391 e. The zero-order valence-corrected chi connectivity index (χ0v) is 13.3.